The molecule has 2 aliphatic heterocycles. The molecular weight excluding hydrogens is 729 g/mol. The fourth-order valence-corrected chi connectivity index (χ4v) is 7.16. The standard InChI is InChI=1S/C56H38N4/c1-37-9-5-13-41(33-37)17-21-45-49-25-27-51(57-49)46(22-18-42-14-6-10-38(2)34-42)53-29-31-55(59-53)48(24-20-44-16-8-12-40(4)36-44)56-32-30-54(60-56)47(52-28-26-50(45)58-52)23-19-43-15-7-11-39(3)35-43/h5-16,25-36,57-58H,1-4H3. The van der Waals surface area contributed by atoms with E-state index in [1.54, 1.807) is 0 Å². The van der Waals surface area contributed by atoms with Crippen LogP contribution < -0.4 is 0 Å². The maximum absolute atomic E-state index is 5.23. The molecule has 0 radical (unpaired) electrons. The van der Waals surface area contributed by atoms with Crippen molar-refractivity contribution in [2.24, 2.45) is 0 Å². The summed E-state index contributed by atoms with van der Waals surface area (Å²) in [6.07, 6.45) is 8.03. The van der Waals surface area contributed by atoms with Gasteiger partial charge in [-0.05, 0) is 147 Å². The summed E-state index contributed by atoms with van der Waals surface area (Å²) < 4.78 is 0. The Kier molecular flexibility index (Phi) is 10.1. The van der Waals surface area contributed by atoms with Gasteiger partial charge in [0, 0.05) is 22.3 Å². The molecular formula is C56H38N4. The Morgan fingerprint density at radius 2 is 0.600 bits per heavy atom. The summed E-state index contributed by atoms with van der Waals surface area (Å²) in [4.78, 5) is 17.9. The van der Waals surface area contributed by atoms with Crippen LogP contribution in [0.1, 0.15) is 89.5 Å². The van der Waals surface area contributed by atoms with Gasteiger partial charge in [-0.3, -0.25) is 0 Å². The molecule has 0 saturated carbocycles. The summed E-state index contributed by atoms with van der Waals surface area (Å²) in [7, 11) is 0. The van der Waals surface area contributed by atoms with Gasteiger partial charge in [0.05, 0.1) is 67.1 Å². The van der Waals surface area contributed by atoms with Crippen molar-refractivity contribution in [1.82, 2.24) is 19.9 Å². The summed E-state index contributed by atoms with van der Waals surface area (Å²) in [6, 6.07) is 41.1. The van der Waals surface area contributed by atoms with Gasteiger partial charge in [-0.25, -0.2) is 9.97 Å². The zero-order valence-corrected chi connectivity index (χ0v) is 33.8. The summed E-state index contributed by atoms with van der Waals surface area (Å²) in [6.45, 7) is 8.29. The van der Waals surface area contributed by atoms with Crippen LogP contribution in [0, 0.1) is 75.1 Å². The molecule has 2 N–H and O–H groups in total. The molecule has 4 nitrogen and oxygen atoms in total. The highest BCUT2D eigenvalue weighted by Crippen LogP contribution is 2.27. The summed E-state index contributed by atoms with van der Waals surface area (Å²) >= 11 is 0. The van der Waals surface area contributed by atoms with Crippen LogP contribution in [0.25, 0.3) is 46.4 Å². The molecule has 0 spiro atoms. The minimum Gasteiger partial charge on any atom is -0.353 e. The van der Waals surface area contributed by atoms with Gasteiger partial charge in [-0.2, -0.15) is 0 Å². The molecule has 0 atom stereocenters. The quantitative estimate of drug-likeness (QED) is 0.151. The average Bonchev–Trinajstić information content (AvgIpc) is 4.08. The van der Waals surface area contributed by atoms with E-state index in [0.717, 1.165) is 94.7 Å². The Bertz CT molecular complexity index is 3230. The van der Waals surface area contributed by atoms with E-state index < -0.39 is 0 Å². The first kappa shape index (κ1) is 37.3. The zero-order valence-electron chi connectivity index (χ0n) is 33.8. The highest BCUT2D eigenvalue weighted by molar-refractivity contribution is 5.88. The van der Waals surface area contributed by atoms with E-state index >= 15 is 0 Å². The third-order valence-corrected chi connectivity index (χ3v) is 10.2. The number of aromatic nitrogens is 4. The number of nitrogens with one attached hydrogen (secondary N) is 2. The predicted molar refractivity (Wildman–Crippen MR) is 247 cm³/mol. The third-order valence-electron chi connectivity index (χ3n) is 10.2. The first-order valence-electron chi connectivity index (χ1n) is 19.8. The van der Waals surface area contributed by atoms with E-state index in [9.17, 15) is 0 Å². The SMILES string of the molecule is Cc1cccc(C#Cc2c3nc(c(C#Cc4cccc(C)c4)c4ccc([nH]4)c(C#Cc4cccc(C)c4)c4ccc([nH]4)c(C#Cc4cccc(C)c4)c4nc2C=C4)C=C3)c1. The topological polar surface area (TPSA) is 57.4 Å². The molecule has 60 heavy (non-hydrogen) atoms. The number of nitrogens with zero attached hydrogens (tertiary/aromatic N) is 2. The first-order chi connectivity index (χ1) is 29.3. The minimum absolute atomic E-state index is 0.703. The van der Waals surface area contributed by atoms with Crippen molar-refractivity contribution in [1.29, 1.82) is 0 Å². The number of rotatable bonds is 0. The van der Waals surface area contributed by atoms with Crippen LogP contribution in [0.5, 0.6) is 0 Å². The summed E-state index contributed by atoms with van der Waals surface area (Å²) in [5.74, 6) is 27.6. The number of hydrogen-bond acceptors (Lipinski definition) is 2. The molecule has 0 aliphatic carbocycles. The zero-order chi connectivity index (χ0) is 41.0. The van der Waals surface area contributed by atoms with Gasteiger partial charge in [0.25, 0.3) is 0 Å². The lowest BCUT2D eigenvalue weighted by Crippen LogP contribution is -1.91. The van der Waals surface area contributed by atoms with Crippen LogP contribution in [0.2, 0.25) is 0 Å². The number of hydrogen-bond donors (Lipinski definition) is 2. The van der Waals surface area contributed by atoms with Gasteiger partial charge in [0.15, 0.2) is 0 Å². The Hall–Kier alpha value is -8.28. The fraction of sp³-hybridized carbons (Fsp3) is 0.0714. The second-order valence-electron chi connectivity index (χ2n) is 15.0. The molecule has 7 aromatic rings. The maximum Gasteiger partial charge on any atom is 0.0816 e. The number of aromatic amines is 2. The van der Waals surface area contributed by atoms with Crippen molar-refractivity contribution >= 4 is 46.4 Å². The van der Waals surface area contributed by atoms with Crippen molar-refractivity contribution in [3.8, 4) is 47.4 Å². The molecule has 8 bridgehead atoms. The Balaban J connectivity index is 1.38. The van der Waals surface area contributed by atoms with Crippen molar-refractivity contribution < 1.29 is 0 Å². The largest absolute Gasteiger partial charge is 0.353 e. The lowest BCUT2D eigenvalue weighted by Gasteiger charge is -1.98. The fourth-order valence-electron chi connectivity index (χ4n) is 7.16. The van der Waals surface area contributed by atoms with Crippen molar-refractivity contribution in [3.05, 3.63) is 211 Å². The predicted octanol–water partition coefficient (Wildman–Crippen LogP) is 11.5. The number of benzene rings is 4. The van der Waals surface area contributed by atoms with Crippen molar-refractivity contribution in [3.63, 3.8) is 0 Å². The smallest absolute Gasteiger partial charge is 0.0816 e. The Morgan fingerprint density at radius 1 is 0.317 bits per heavy atom. The molecule has 0 fully saturated rings. The molecule has 4 heteroatoms. The molecule has 282 valence electrons. The summed E-state index contributed by atoms with van der Waals surface area (Å²) in [5.41, 5.74) is 17.4. The van der Waals surface area contributed by atoms with Gasteiger partial charge in [-0.1, -0.05) is 95.9 Å². The van der Waals surface area contributed by atoms with E-state index in [0.29, 0.717) is 17.0 Å². The van der Waals surface area contributed by atoms with E-state index in [1.165, 1.54) is 0 Å². The van der Waals surface area contributed by atoms with E-state index in [1.807, 2.05) is 72.8 Å². The maximum atomic E-state index is 5.23. The number of fused-ring (bicyclic) bond motifs is 8. The number of H-pyrrole nitrogens is 2. The van der Waals surface area contributed by atoms with Gasteiger partial charge in [0.1, 0.15) is 0 Å². The summed E-state index contributed by atoms with van der Waals surface area (Å²) in [5, 5.41) is 0. The van der Waals surface area contributed by atoms with Crippen molar-refractivity contribution in [2.45, 2.75) is 27.7 Å². The van der Waals surface area contributed by atoms with Crippen LogP contribution >= 0.6 is 0 Å². The highest BCUT2D eigenvalue weighted by Gasteiger charge is 2.15. The number of aryl methyl sites for hydroxylation is 4. The van der Waals surface area contributed by atoms with Gasteiger partial charge >= 0.3 is 0 Å². The minimum atomic E-state index is 0.703. The normalized spacial score (nSPS) is 11.0. The Labute approximate surface area is 350 Å². The second-order valence-corrected chi connectivity index (χ2v) is 15.0. The van der Waals surface area contributed by atoms with Crippen LogP contribution in [0.15, 0.2) is 121 Å². The van der Waals surface area contributed by atoms with Crippen LogP contribution in [0.4, 0.5) is 0 Å². The molecule has 0 unspecified atom stereocenters. The molecule has 2 aliphatic rings. The van der Waals surface area contributed by atoms with Gasteiger partial charge in [-0.15, -0.1) is 0 Å². The molecule has 4 aromatic carbocycles. The van der Waals surface area contributed by atoms with Crippen LogP contribution in [-0.2, 0) is 0 Å². The highest BCUT2D eigenvalue weighted by atomic mass is 14.8. The third kappa shape index (κ3) is 8.23. The average molecular weight is 767 g/mol. The molecule has 3 aromatic heterocycles. The molecule has 0 saturated heterocycles. The van der Waals surface area contributed by atoms with E-state index in [-0.39, 0.29) is 0 Å². The lowest BCUT2D eigenvalue weighted by atomic mass is 10.1. The second kappa shape index (κ2) is 16.3. The monoisotopic (exact) mass is 766 g/mol. The molecule has 5 heterocycles. The van der Waals surface area contributed by atoms with E-state index in [2.05, 4.69) is 158 Å². The molecule has 0 amide bonds. The van der Waals surface area contributed by atoms with Crippen LogP contribution in [0.3, 0.4) is 0 Å². The lowest BCUT2D eigenvalue weighted by molar-refractivity contribution is 1.25. The Morgan fingerprint density at radius 3 is 0.933 bits per heavy atom. The van der Waals surface area contributed by atoms with Crippen molar-refractivity contribution in [2.75, 3.05) is 0 Å². The van der Waals surface area contributed by atoms with Crippen LogP contribution in [-0.4, -0.2) is 19.9 Å². The van der Waals surface area contributed by atoms with Gasteiger partial charge < -0.3 is 9.97 Å². The van der Waals surface area contributed by atoms with E-state index in [4.69, 9.17) is 9.97 Å². The van der Waals surface area contributed by atoms with Gasteiger partial charge in [0.2, 0.25) is 0 Å². The molecule has 9 rings (SSSR count). The first-order valence-corrected chi connectivity index (χ1v) is 19.8.